The summed E-state index contributed by atoms with van der Waals surface area (Å²) >= 11 is 11.8. The number of carbonyl (C=O) groups is 6. The number of nitrogen functional groups attached to an aromatic ring is 3. The van der Waals surface area contributed by atoms with E-state index in [9.17, 15) is 33.9 Å². The predicted molar refractivity (Wildman–Crippen MR) is 551 cm³/mol. The molecule has 0 saturated carbocycles. The van der Waals surface area contributed by atoms with Crippen LogP contribution in [0.1, 0.15) is 209 Å². The van der Waals surface area contributed by atoms with Crippen LogP contribution in [0.15, 0.2) is 110 Å². The number of phenolic OH excluding ortho intramolecular Hbond substituents is 2. The average molecular weight is 1960 g/mol. The number of amides is 2. The molecule has 36 heteroatoms. The van der Waals surface area contributed by atoms with Gasteiger partial charge in [-0.1, -0.05) is 23.2 Å². The summed E-state index contributed by atoms with van der Waals surface area (Å²) in [5, 5.41) is 30.4. The largest absolute Gasteiger partial charge is 0.519 e. The molecule has 756 valence electrons. The van der Waals surface area contributed by atoms with Gasteiger partial charge in [0.2, 0.25) is 0 Å². The van der Waals surface area contributed by atoms with Gasteiger partial charge < -0.3 is 89.8 Å². The third kappa shape index (κ3) is 39.5. The smallest absolute Gasteiger partial charge is 0.508 e. The van der Waals surface area contributed by atoms with E-state index < -0.39 is 70.3 Å². The molecule has 12 aromatic rings. The van der Waals surface area contributed by atoms with Crippen LogP contribution < -0.4 is 52.1 Å². The Bertz CT molecular complexity index is 6060. The monoisotopic (exact) mass is 1960 g/mol. The molecule has 0 radical (unpaired) electrons. The van der Waals surface area contributed by atoms with Crippen LogP contribution in [0.2, 0.25) is 10.3 Å². The van der Waals surface area contributed by atoms with Gasteiger partial charge in [0, 0.05) is 41.3 Å². The van der Waals surface area contributed by atoms with Crippen molar-refractivity contribution in [3.63, 3.8) is 0 Å². The van der Waals surface area contributed by atoms with E-state index in [2.05, 4.69) is 55.6 Å². The number of carbonyl (C=O) groups excluding carboxylic acids is 6. The normalized spacial score (nSPS) is 11.0. The summed E-state index contributed by atoms with van der Waals surface area (Å²) in [4.78, 5) is 98.3. The summed E-state index contributed by atoms with van der Waals surface area (Å²) in [5.41, 5.74) is 31.9. The van der Waals surface area contributed by atoms with Crippen molar-refractivity contribution in [3.8, 4) is 34.5 Å². The van der Waals surface area contributed by atoms with E-state index in [1.165, 1.54) is 9.13 Å². The van der Waals surface area contributed by atoms with Crippen molar-refractivity contribution in [3.05, 3.63) is 204 Å². The highest BCUT2D eigenvalue weighted by atomic mass is 35.5. The molecule has 139 heavy (non-hydrogen) atoms. The number of aryl methyl sites for hydroxylation is 15. The average Bonchev–Trinajstić information content (AvgIpc) is 1.64. The van der Waals surface area contributed by atoms with Gasteiger partial charge in [-0.3, -0.25) is 10.6 Å². The first-order valence-electron chi connectivity index (χ1n) is 44.2. The number of anilines is 7. The molecular weight excluding hydrogens is 1820 g/mol. The summed E-state index contributed by atoms with van der Waals surface area (Å²) in [6.07, 6.45) is 1.03. The van der Waals surface area contributed by atoms with E-state index in [0.29, 0.717) is 56.0 Å². The molecule has 0 bridgehead atoms. The lowest BCUT2D eigenvalue weighted by Crippen LogP contribution is -2.29. The topological polar surface area (TPSA) is 462 Å². The van der Waals surface area contributed by atoms with Gasteiger partial charge >= 0.3 is 36.7 Å². The highest BCUT2D eigenvalue weighted by molar-refractivity contribution is 6.34. The van der Waals surface area contributed by atoms with Gasteiger partial charge in [0.15, 0.2) is 11.3 Å². The second-order valence-electron chi connectivity index (χ2n) is 38.3. The summed E-state index contributed by atoms with van der Waals surface area (Å²) < 4.78 is 58.4. The standard InChI is InChI=1S/C21H26N4O3.C14H21NO3.C13H19NO3.C12H14ClN3O2.C10H18O5.2C9H13NO.C8H11NO.C7H6ClN3/c1-12-10-15(27-7)11-13(2)17(12)24-18-16-8-9-25(19(16)23-14(3)22-18)20(26)28-21(4,5)6;1-9-7-11(17-6)8-10(2)12(9)15-13(16)18-14(3,4)5;1-8-6-10(15)7-9(2)11(8)14-12(16)17-13(3,4)5;1-7-14-9(13)8-5-6-16(10(8)15-7)11(17)18-12(2,3)4;1-9(2,3)14-7(11)13-8(12)15-10(4,5)6;2*1-6-4-8(11-3)5-7(2)9(6)10;1-5-3-7(10)4-6(2)8(5)9;1-4-10-6(8)5-2-3-9-7(5)11-4/h8-11H,1-7H3,(H,22,23,24);7-8H,1-6H3,(H,15,16);6-7,15H,1-5H3,(H,14,16);5-6H,1-4H3;1-6H3;2*4-5H,10H2,1-3H3;3-4,10H,9H2,1-2H3;2-3H,1H3,(H,9,10,11). The van der Waals surface area contributed by atoms with E-state index in [-0.39, 0.29) is 11.5 Å². The molecular formula is C103H141Cl2N15O19. The number of fused-ring (bicyclic) bond motifs is 3. The van der Waals surface area contributed by atoms with E-state index in [1.54, 1.807) is 133 Å². The Morgan fingerprint density at radius 3 is 0.950 bits per heavy atom. The second-order valence-corrected chi connectivity index (χ2v) is 39.0. The van der Waals surface area contributed by atoms with Gasteiger partial charge in [-0.2, -0.15) is 0 Å². The number of hydrogen-bond acceptors (Lipinski definition) is 29. The van der Waals surface area contributed by atoms with Crippen molar-refractivity contribution in [2.45, 2.75) is 262 Å². The molecule has 6 heterocycles. The molecule has 0 aliphatic heterocycles. The molecule has 6 aromatic carbocycles. The van der Waals surface area contributed by atoms with Gasteiger partial charge in [0.1, 0.15) is 107 Å². The van der Waals surface area contributed by atoms with Crippen LogP contribution in [0, 0.1) is 104 Å². The van der Waals surface area contributed by atoms with Crippen molar-refractivity contribution in [2.75, 3.05) is 61.6 Å². The van der Waals surface area contributed by atoms with Gasteiger partial charge in [-0.25, -0.2) is 67.8 Å². The number of aromatic nitrogens is 9. The summed E-state index contributed by atoms with van der Waals surface area (Å²) in [7, 11) is 6.59. The van der Waals surface area contributed by atoms with E-state index in [4.69, 9.17) is 92.9 Å². The van der Waals surface area contributed by atoms with E-state index in [1.807, 2.05) is 234 Å². The van der Waals surface area contributed by atoms with Crippen molar-refractivity contribution in [1.82, 2.24) is 44.0 Å². The van der Waals surface area contributed by atoms with Crippen LogP contribution >= 0.6 is 23.2 Å². The van der Waals surface area contributed by atoms with Crippen molar-refractivity contribution >= 4 is 133 Å². The predicted octanol–water partition coefficient (Wildman–Crippen LogP) is 25.3. The molecule has 6 aromatic heterocycles. The SMILES string of the molecule is CC(C)(C)OC(=O)OC(=O)OC(C)(C)C.COc1cc(C)c(N)c(C)c1.COc1cc(C)c(N)c(C)c1.COc1cc(C)c(NC(=O)OC(C)(C)C)c(C)c1.COc1cc(C)c(Nc2nc(C)nc3c2ccn3C(=O)OC(C)(C)C)c(C)c1.Cc1cc(O)cc(C)c1N.Cc1cc(O)cc(C)c1NC(=O)OC(C)(C)C.Cc1nc(Cl)c2cc[nH]c2n1.Cc1nc(Cl)c2ccn(C(=O)OC(C)(C)C)c2n1. The zero-order valence-electron chi connectivity index (χ0n) is 87.3. The van der Waals surface area contributed by atoms with Crippen molar-refractivity contribution in [2.24, 2.45) is 0 Å². The molecule has 2 amide bonds. The first kappa shape index (κ1) is 117. The minimum Gasteiger partial charge on any atom is -0.508 e. The van der Waals surface area contributed by atoms with Crippen LogP contribution in [-0.2, 0) is 33.2 Å². The molecule has 0 saturated heterocycles. The Kier molecular flexibility index (Phi) is 42.5. The lowest BCUT2D eigenvalue weighted by molar-refractivity contribution is -0.0295. The fraction of sp³-hybridized carbons (Fsp3) is 0.417. The number of aromatic hydroxyl groups is 2. The molecule has 0 unspecified atom stereocenters. The second kappa shape index (κ2) is 50.3. The zero-order chi connectivity index (χ0) is 106. The number of nitrogens with one attached hydrogen (secondary N) is 4. The molecule has 34 nitrogen and oxygen atoms in total. The zero-order valence-corrected chi connectivity index (χ0v) is 88.8. The number of hydrogen-bond donors (Lipinski definition) is 9. The summed E-state index contributed by atoms with van der Waals surface area (Å²) in [6.45, 7) is 60.4. The Labute approximate surface area is 825 Å². The molecule has 0 spiro atoms. The van der Waals surface area contributed by atoms with E-state index in [0.717, 1.165) is 135 Å². The Morgan fingerprint density at radius 2 is 0.619 bits per heavy atom. The fourth-order valence-corrected chi connectivity index (χ4v) is 13.0. The molecule has 0 aliphatic rings. The fourth-order valence-electron chi connectivity index (χ4n) is 12.4. The number of phenols is 2. The molecule has 12 N–H and O–H groups in total. The Balaban J connectivity index is 0.000000333. The number of nitrogens with zero attached hydrogens (tertiary/aromatic N) is 8. The van der Waals surface area contributed by atoms with Gasteiger partial charge in [-0.15, -0.1) is 0 Å². The minimum atomic E-state index is -1.06. The maximum Gasteiger partial charge on any atom is 0.519 e. The molecule has 0 fully saturated rings. The van der Waals surface area contributed by atoms with Crippen molar-refractivity contribution < 1.29 is 91.1 Å². The third-order valence-corrected chi connectivity index (χ3v) is 19.1. The first-order valence-corrected chi connectivity index (χ1v) is 44.9. The van der Waals surface area contributed by atoms with Gasteiger partial charge in [0.25, 0.3) is 0 Å². The summed E-state index contributed by atoms with van der Waals surface area (Å²) in [5.74, 6) is 6.19. The van der Waals surface area contributed by atoms with Crippen LogP contribution in [-0.4, -0.2) is 153 Å². The third-order valence-electron chi connectivity index (χ3n) is 18.6. The maximum absolute atomic E-state index is 12.5. The van der Waals surface area contributed by atoms with Gasteiger partial charge in [-0.05, 0) is 386 Å². The minimum absolute atomic E-state index is 0.190. The lowest BCUT2D eigenvalue weighted by Gasteiger charge is -2.21. The van der Waals surface area contributed by atoms with Crippen LogP contribution in [0.25, 0.3) is 33.1 Å². The van der Waals surface area contributed by atoms with Crippen LogP contribution in [0.4, 0.5) is 68.7 Å². The van der Waals surface area contributed by atoms with E-state index >= 15 is 0 Å². The van der Waals surface area contributed by atoms with Gasteiger partial charge in [0.05, 0.1) is 56.0 Å². The number of rotatable bonds is 8. The first-order chi connectivity index (χ1) is 63.9. The Morgan fingerprint density at radius 1 is 0.345 bits per heavy atom. The number of benzene rings is 6. The number of methoxy groups -OCH3 is 4. The number of nitrogens with two attached hydrogens (primary N) is 3. The molecule has 0 aliphatic carbocycles. The maximum atomic E-state index is 12.5. The number of ether oxygens (including phenoxy) is 11. The Hall–Kier alpha value is -14.0. The lowest BCUT2D eigenvalue weighted by atomic mass is 10.1. The number of H-pyrrole nitrogens is 1. The molecule has 0 atom stereocenters. The highest BCUT2D eigenvalue weighted by Gasteiger charge is 2.28. The highest BCUT2D eigenvalue weighted by Crippen LogP contribution is 2.35. The van der Waals surface area contributed by atoms with Crippen LogP contribution in [0.5, 0.6) is 34.5 Å². The number of halogens is 2. The summed E-state index contributed by atoms with van der Waals surface area (Å²) in [6, 6.07) is 27.3. The number of aromatic amines is 1. The van der Waals surface area contributed by atoms with Crippen LogP contribution in [0.3, 0.4) is 0 Å². The van der Waals surface area contributed by atoms with Crippen molar-refractivity contribution in [1.29, 1.82) is 0 Å². The quantitative estimate of drug-likeness (QED) is 0.0170. The molecule has 12 rings (SSSR count).